The molecule has 9 nitrogen and oxygen atoms in total. The molecule has 0 bridgehead atoms. The number of carboxylic acids is 1. The number of nitrogens with one attached hydrogen (secondary N) is 2. The minimum Gasteiger partial charge on any atom is -0.477 e. The maximum atomic E-state index is 12.6. The molecule has 0 aliphatic carbocycles. The van der Waals surface area contributed by atoms with Crippen molar-refractivity contribution < 1.29 is 19.5 Å². The van der Waals surface area contributed by atoms with Gasteiger partial charge in [0.2, 0.25) is 5.91 Å². The number of hydrogen-bond acceptors (Lipinski definition) is 7. The molecule has 0 aromatic heterocycles. The van der Waals surface area contributed by atoms with Gasteiger partial charge < -0.3 is 25.5 Å². The molecule has 1 aromatic rings. The van der Waals surface area contributed by atoms with Crippen LogP contribution in [-0.2, 0) is 9.59 Å². The van der Waals surface area contributed by atoms with Crippen molar-refractivity contribution in [1.82, 2.24) is 15.1 Å². The molecule has 35 heavy (non-hydrogen) atoms. The summed E-state index contributed by atoms with van der Waals surface area (Å²) in [6.45, 7) is 5.89. The summed E-state index contributed by atoms with van der Waals surface area (Å²) in [6, 6.07) is 8.74. The summed E-state index contributed by atoms with van der Waals surface area (Å²) in [5.41, 5.74) is 0.791. The van der Waals surface area contributed by atoms with Crippen LogP contribution >= 0.6 is 11.8 Å². The number of carbonyl (C=O) groups is 3. The SMILES string of the molecule is CCN(C(=O)C/C=C\Nc1cccc(C(=O)NCCCN2CCCC2)c1)/C(SC)=C(\C#N)C(=O)O. The Bertz CT molecular complexity index is 996. The van der Waals surface area contributed by atoms with Crippen LogP contribution in [-0.4, -0.2) is 71.7 Å². The molecule has 2 rings (SSSR count). The van der Waals surface area contributed by atoms with E-state index in [-0.39, 0.29) is 29.8 Å². The molecule has 10 heteroatoms. The molecule has 1 saturated heterocycles. The minimum atomic E-state index is -1.36. The first kappa shape index (κ1) is 28.0. The van der Waals surface area contributed by atoms with Gasteiger partial charge in [-0.1, -0.05) is 12.1 Å². The van der Waals surface area contributed by atoms with Crippen molar-refractivity contribution in [2.75, 3.05) is 44.3 Å². The average molecular weight is 500 g/mol. The lowest BCUT2D eigenvalue weighted by Gasteiger charge is -2.22. The highest BCUT2D eigenvalue weighted by Crippen LogP contribution is 2.23. The van der Waals surface area contributed by atoms with Crippen LogP contribution in [0.2, 0.25) is 0 Å². The van der Waals surface area contributed by atoms with E-state index in [0.717, 1.165) is 37.8 Å². The lowest BCUT2D eigenvalue weighted by molar-refractivity contribution is -0.132. The van der Waals surface area contributed by atoms with Crippen LogP contribution in [0.15, 0.2) is 47.1 Å². The highest BCUT2D eigenvalue weighted by molar-refractivity contribution is 8.02. The number of thioether (sulfide) groups is 1. The van der Waals surface area contributed by atoms with Crippen molar-refractivity contribution in [3.63, 3.8) is 0 Å². The molecular formula is C25H33N5O4S. The van der Waals surface area contributed by atoms with E-state index >= 15 is 0 Å². The molecule has 3 N–H and O–H groups in total. The number of nitrogens with zero attached hydrogens (tertiary/aromatic N) is 3. The number of nitriles is 1. The first-order valence-corrected chi connectivity index (χ1v) is 12.9. The van der Waals surface area contributed by atoms with Gasteiger partial charge in [0, 0.05) is 30.8 Å². The van der Waals surface area contributed by atoms with E-state index in [1.54, 1.807) is 49.7 Å². The zero-order valence-corrected chi connectivity index (χ0v) is 21.1. The molecule has 1 aliphatic rings. The van der Waals surface area contributed by atoms with Crippen LogP contribution in [0.25, 0.3) is 0 Å². The quantitative estimate of drug-likeness (QED) is 0.215. The lowest BCUT2D eigenvalue weighted by Crippen LogP contribution is -2.30. The van der Waals surface area contributed by atoms with E-state index in [2.05, 4.69) is 15.5 Å². The molecule has 1 fully saturated rings. The molecule has 0 spiro atoms. The molecule has 0 unspecified atom stereocenters. The molecule has 0 saturated carbocycles. The second kappa shape index (κ2) is 14.9. The van der Waals surface area contributed by atoms with Gasteiger partial charge in [0.25, 0.3) is 5.91 Å². The Balaban J connectivity index is 1.87. The highest BCUT2D eigenvalue weighted by Gasteiger charge is 2.22. The number of rotatable bonds is 13. The third kappa shape index (κ3) is 8.77. The van der Waals surface area contributed by atoms with E-state index in [1.807, 2.05) is 6.07 Å². The molecule has 0 atom stereocenters. The summed E-state index contributed by atoms with van der Waals surface area (Å²) >= 11 is 1.05. The summed E-state index contributed by atoms with van der Waals surface area (Å²) in [6.07, 6.45) is 8.29. The van der Waals surface area contributed by atoms with Crippen LogP contribution in [0, 0.1) is 11.3 Å². The van der Waals surface area contributed by atoms with Gasteiger partial charge in [0.15, 0.2) is 5.57 Å². The number of amides is 2. The largest absolute Gasteiger partial charge is 0.477 e. The van der Waals surface area contributed by atoms with Gasteiger partial charge >= 0.3 is 5.97 Å². The molecule has 188 valence electrons. The van der Waals surface area contributed by atoms with Crippen LogP contribution in [0.5, 0.6) is 0 Å². The Morgan fingerprint density at radius 1 is 1.29 bits per heavy atom. The predicted octanol–water partition coefficient (Wildman–Crippen LogP) is 3.25. The van der Waals surface area contributed by atoms with Crippen LogP contribution in [0.3, 0.4) is 0 Å². The fraction of sp³-hybridized carbons (Fsp3) is 0.440. The summed E-state index contributed by atoms with van der Waals surface area (Å²) in [7, 11) is 0. The lowest BCUT2D eigenvalue weighted by atomic mass is 10.2. The smallest absolute Gasteiger partial charge is 0.349 e. The van der Waals surface area contributed by atoms with Gasteiger partial charge in [0.1, 0.15) is 11.1 Å². The van der Waals surface area contributed by atoms with Crippen molar-refractivity contribution in [3.05, 3.63) is 52.7 Å². The Kier molecular flexibility index (Phi) is 11.9. The third-order valence-electron chi connectivity index (χ3n) is 5.52. The Morgan fingerprint density at radius 3 is 2.66 bits per heavy atom. The zero-order chi connectivity index (χ0) is 25.6. The number of hydrogen-bond donors (Lipinski definition) is 3. The molecule has 0 radical (unpaired) electrons. The Hall–Kier alpha value is -3.29. The molecule has 2 amide bonds. The second-order valence-electron chi connectivity index (χ2n) is 7.93. The van der Waals surface area contributed by atoms with Crippen molar-refractivity contribution in [3.8, 4) is 6.07 Å². The van der Waals surface area contributed by atoms with E-state index in [9.17, 15) is 19.5 Å². The molecule has 1 aromatic carbocycles. The number of carboxylic acid groups (broad SMARTS) is 1. The Morgan fingerprint density at radius 2 is 2.03 bits per heavy atom. The number of carbonyl (C=O) groups excluding carboxylic acids is 2. The van der Waals surface area contributed by atoms with Crippen molar-refractivity contribution in [2.24, 2.45) is 0 Å². The standard InChI is InChI=1S/C25H33N5O4S/c1-3-30(24(35-2)21(18-26)25(33)34)22(31)11-7-12-27-20-10-6-9-19(17-20)23(32)28-13-8-16-29-14-4-5-15-29/h6-7,9-10,12,17,27H,3-5,8,11,13-16H2,1-2H3,(H,28,32)(H,33,34)/b12-7-,24-21-. The van der Waals surface area contributed by atoms with Crippen LogP contribution in [0.1, 0.15) is 43.0 Å². The van der Waals surface area contributed by atoms with Crippen molar-refractivity contribution in [2.45, 2.75) is 32.6 Å². The maximum Gasteiger partial charge on any atom is 0.349 e. The monoisotopic (exact) mass is 499 g/mol. The first-order chi connectivity index (χ1) is 16.9. The average Bonchev–Trinajstić information content (AvgIpc) is 3.38. The summed E-state index contributed by atoms with van der Waals surface area (Å²) in [5.74, 6) is -1.82. The fourth-order valence-electron chi connectivity index (χ4n) is 3.76. The van der Waals surface area contributed by atoms with Crippen LogP contribution in [0.4, 0.5) is 5.69 Å². The van der Waals surface area contributed by atoms with E-state index in [1.165, 1.54) is 17.7 Å². The van der Waals surface area contributed by atoms with Gasteiger partial charge in [-0.15, -0.1) is 11.8 Å². The number of likely N-dealkylation sites (tertiary alicyclic amines) is 1. The van der Waals surface area contributed by atoms with Crippen molar-refractivity contribution in [1.29, 1.82) is 5.26 Å². The normalized spacial score (nSPS) is 14.3. The minimum absolute atomic E-state index is 0.0143. The van der Waals surface area contributed by atoms with Gasteiger partial charge in [-0.25, -0.2) is 4.79 Å². The maximum absolute atomic E-state index is 12.6. The number of benzene rings is 1. The zero-order valence-electron chi connectivity index (χ0n) is 20.2. The fourth-order valence-corrected chi connectivity index (χ4v) is 4.54. The van der Waals surface area contributed by atoms with E-state index in [0.29, 0.717) is 17.8 Å². The summed E-state index contributed by atoms with van der Waals surface area (Å²) in [5, 5.41) is 24.5. The van der Waals surface area contributed by atoms with E-state index < -0.39 is 11.5 Å². The van der Waals surface area contributed by atoms with Crippen molar-refractivity contribution >= 4 is 35.2 Å². The Labute approximate surface area is 210 Å². The summed E-state index contributed by atoms with van der Waals surface area (Å²) in [4.78, 5) is 40.1. The van der Waals surface area contributed by atoms with Crippen LogP contribution < -0.4 is 10.6 Å². The van der Waals surface area contributed by atoms with E-state index in [4.69, 9.17) is 5.26 Å². The second-order valence-corrected chi connectivity index (χ2v) is 8.72. The third-order valence-corrected chi connectivity index (χ3v) is 6.33. The van der Waals surface area contributed by atoms with Gasteiger partial charge in [-0.2, -0.15) is 5.26 Å². The number of aliphatic carboxylic acids is 1. The molecule has 1 heterocycles. The predicted molar refractivity (Wildman–Crippen MR) is 138 cm³/mol. The molecule has 1 aliphatic heterocycles. The first-order valence-electron chi connectivity index (χ1n) is 11.6. The summed E-state index contributed by atoms with van der Waals surface area (Å²) < 4.78 is 0. The number of anilines is 1. The van der Waals surface area contributed by atoms with Gasteiger partial charge in [-0.3, -0.25) is 9.59 Å². The van der Waals surface area contributed by atoms with Gasteiger partial charge in [0.05, 0.1) is 0 Å². The molecular weight excluding hydrogens is 466 g/mol. The van der Waals surface area contributed by atoms with Gasteiger partial charge in [-0.05, 0) is 76.5 Å². The topological polar surface area (TPSA) is 126 Å². The highest BCUT2D eigenvalue weighted by atomic mass is 32.2.